The predicted octanol–water partition coefficient (Wildman–Crippen LogP) is 3.61. The second-order valence-electron chi connectivity index (χ2n) is 4.19. The summed E-state index contributed by atoms with van der Waals surface area (Å²) in [4.78, 5) is 10.2. The summed E-state index contributed by atoms with van der Waals surface area (Å²) in [5.41, 5.74) is 1.32. The van der Waals surface area contributed by atoms with Crippen LogP contribution in [0.2, 0.25) is 0 Å². The smallest absolute Gasteiger partial charge is 0.273 e. The SMILES string of the molecule is O=[N+]([O-])c1cccc(OCCCc2ccccc2)c1. The number of ether oxygens (including phenoxy) is 1. The second-order valence-corrected chi connectivity index (χ2v) is 4.19. The monoisotopic (exact) mass is 257 g/mol. The number of nitrogens with zero attached hydrogens (tertiary/aromatic N) is 1. The van der Waals surface area contributed by atoms with Gasteiger partial charge in [-0.15, -0.1) is 0 Å². The summed E-state index contributed by atoms with van der Waals surface area (Å²) in [6.45, 7) is 0.552. The van der Waals surface area contributed by atoms with E-state index in [-0.39, 0.29) is 5.69 Å². The van der Waals surface area contributed by atoms with E-state index in [1.165, 1.54) is 17.7 Å². The molecule has 0 heterocycles. The van der Waals surface area contributed by atoms with Crippen LogP contribution in [0.15, 0.2) is 54.6 Å². The van der Waals surface area contributed by atoms with Crippen LogP contribution in [-0.2, 0) is 6.42 Å². The van der Waals surface area contributed by atoms with Crippen LogP contribution in [0.3, 0.4) is 0 Å². The maximum atomic E-state index is 10.6. The molecule has 0 saturated carbocycles. The third kappa shape index (κ3) is 4.10. The number of nitro benzene ring substituents is 1. The van der Waals surface area contributed by atoms with E-state index in [0.29, 0.717) is 12.4 Å². The van der Waals surface area contributed by atoms with E-state index in [2.05, 4.69) is 12.1 Å². The zero-order valence-electron chi connectivity index (χ0n) is 10.5. The first-order valence-electron chi connectivity index (χ1n) is 6.17. The average Bonchev–Trinajstić information content (AvgIpc) is 2.45. The lowest BCUT2D eigenvalue weighted by molar-refractivity contribution is -0.384. The average molecular weight is 257 g/mol. The molecule has 0 radical (unpaired) electrons. The molecule has 0 aliphatic heterocycles. The van der Waals surface area contributed by atoms with Crippen LogP contribution in [0.5, 0.6) is 5.75 Å². The number of benzene rings is 2. The van der Waals surface area contributed by atoms with Crippen molar-refractivity contribution in [3.05, 3.63) is 70.3 Å². The van der Waals surface area contributed by atoms with Crippen LogP contribution in [0.4, 0.5) is 5.69 Å². The molecule has 4 nitrogen and oxygen atoms in total. The Morgan fingerprint density at radius 2 is 1.84 bits per heavy atom. The van der Waals surface area contributed by atoms with Crippen molar-refractivity contribution in [3.63, 3.8) is 0 Å². The van der Waals surface area contributed by atoms with Crippen molar-refractivity contribution in [3.8, 4) is 5.75 Å². The van der Waals surface area contributed by atoms with Crippen molar-refractivity contribution in [2.45, 2.75) is 12.8 Å². The van der Waals surface area contributed by atoms with Gasteiger partial charge < -0.3 is 4.74 Å². The summed E-state index contributed by atoms with van der Waals surface area (Å²) in [7, 11) is 0. The van der Waals surface area contributed by atoms with Crippen LogP contribution < -0.4 is 4.74 Å². The molecule has 0 saturated heterocycles. The van der Waals surface area contributed by atoms with E-state index < -0.39 is 4.92 Å². The zero-order chi connectivity index (χ0) is 13.5. The van der Waals surface area contributed by atoms with Crippen LogP contribution in [0.25, 0.3) is 0 Å². The van der Waals surface area contributed by atoms with Crippen LogP contribution in [-0.4, -0.2) is 11.5 Å². The van der Waals surface area contributed by atoms with Gasteiger partial charge in [0, 0.05) is 6.07 Å². The molecular weight excluding hydrogens is 242 g/mol. The molecule has 2 aromatic rings. The highest BCUT2D eigenvalue weighted by molar-refractivity contribution is 5.37. The van der Waals surface area contributed by atoms with Crippen molar-refractivity contribution >= 4 is 5.69 Å². The molecule has 0 atom stereocenters. The Morgan fingerprint density at radius 1 is 1.05 bits per heavy atom. The van der Waals surface area contributed by atoms with Crippen LogP contribution >= 0.6 is 0 Å². The summed E-state index contributed by atoms with van der Waals surface area (Å²) in [6, 6.07) is 16.4. The fraction of sp³-hybridized carbons (Fsp3) is 0.200. The first kappa shape index (κ1) is 13.1. The van der Waals surface area contributed by atoms with E-state index in [9.17, 15) is 10.1 Å². The van der Waals surface area contributed by atoms with Gasteiger partial charge in [-0.2, -0.15) is 0 Å². The number of non-ortho nitro benzene ring substituents is 1. The van der Waals surface area contributed by atoms with Crippen molar-refractivity contribution in [1.82, 2.24) is 0 Å². The molecule has 0 spiro atoms. The minimum absolute atomic E-state index is 0.0561. The molecule has 0 fully saturated rings. The highest BCUT2D eigenvalue weighted by Crippen LogP contribution is 2.19. The largest absolute Gasteiger partial charge is 0.493 e. The minimum atomic E-state index is -0.420. The first-order chi connectivity index (χ1) is 9.25. The Balaban J connectivity index is 1.80. The Kier molecular flexibility index (Phi) is 4.50. The van der Waals surface area contributed by atoms with E-state index >= 15 is 0 Å². The lowest BCUT2D eigenvalue weighted by Crippen LogP contribution is -1.99. The van der Waals surface area contributed by atoms with Crippen molar-refractivity contribution in [1.29, 1.82) is 0 Å². The molecule has 2 aromatic carbocycles. The van der Waals surface area contributed by atoms with Gasteiger partial charge in [-0.3, -0.25) is 10.1 Å². The molecular formula is C15H15NO3. The molecule has 19 heavy (non-hydrogen) atoms. The number of rotatable bonds is 6. The summed E-state index contributed by atoms with van der Waals surface area (Å²) < 4.78 is 5.51. The van der Waals surface area contributed by atoms with Gasteiger partial charge in [0.1, 0.15) is 5.75 Å². The molecule has 0 aromatic heterocycles. The quantitative estimate of drug-likeness (QED) is 0.451. The Bertz CT molecular complexity index is 540. The van der Waals surface area contributed by atoms with Crippen molar-refractivity contribution < 1.29 is 9.66 Å². The van der Waals surface area contributed by atoms with Gasteiger partial charge >= 0.3 is 0 Å². The summed E-state index contributed by atoms with van der Waals surface area (Å²) in [5, 5.41) is 10.6. The zero-order valence-corrected chi connectivity index (χ0v) is 10.5. The summed E-state index contributed by atoms with van der Waals surface area (Å²) in [6.07, 6.45) is 1.82. The normalized spacial score (nSPS) is 10.1. The highest BCUT2D eigenvalue weighted by atomic mass is 16.6. The number of aryl methyl sites for hydroxylation is 1. The van der Waals surface area contributed by atoms with Crippen LogP contribution in [0, 0.1) is 10.1 Å². The number of hydrogen-bond donors (Lipinski definition) is 0. The summed E-state index contributed by atoms with van der Waals surface area (Å²) >= 11 is 0. The molecule has 0 unspecified atom stereocenters. The van der Waals surface area contributed by atoms with E-state index in [1.807, 2.05) is 18.2 Å². The lowest BCUT2D eigenvalue weighted by Gasteiger charge is -2.06. The fourth-order valence-electron chi connectivity index (χ4n) is 1.80. The molecule has 0 bridgehead atoms. The van der Waals surface area contributed by atoms with E-state index in [4.69, 9.17) is 4.74 Å². The van der Waals surface area contributed by atoms with Crippen molar-refractivity contribution in [2.75, 3.05) is 6.61 Å². The second kappa shape index (κ2) is 6.54. The highest BCUT2D eigenvalue weighted by Gasteiger charge is 2.05. The van der Waals surface area contributed by atoms with Gasteiger partial charge in [0.25, 0.3) is 5.69 Å². The topological polar surface area (TPSA) is 52.4 Å². The predicted molar refractivity (Wildman–Crippen MR) is 73.4 cm³/mol. The third-order valence-corrected chi connectivity index (χ3v) is 2.75. The van der Waals surface area contributed by atoms with Gasteiger partial charge in [-0.25, -0.2) is 0 Å². The molecule has 0 N–H and O–H groups in total. The minimum Gasteiger partial charge on any atom is -0.493 e. The molecule has 4 heteroatoms. The lowest BCUT2D eigenvalue weighted by atomic mass is 10.1. The van der Waals surface area contributed by atoms with Gasteiger partial charge in [0.15, 0.2) is 0 Å². The van der Waals surface area contributed by atoms with Gasteiger partial charge in [0.05, 0.1) is 17.6 Å². The van der Waals surface area contributed by atoms with Crippen molar-refractivity contribution in [2.24, 2.45) is 0 Å². The number of hydrogen-bond acceptors (Lipinski definition) is 3. The molecule has 0 amide bonds. The fourth-order valence-corrected chi connectivity index (χ4v) is 1.80. The van der Waals surface area contributed by atoms with E-state index in [1.54, 1.807) is 12.1 Å². The standard InChI is InChI=1S/C15H15NO3/c17-16(18)14-9-4-10-15(12-14)19-11-5-8-13-6-2-1-3-7-13/h1-4,6-7,9-10,12H,5,8,11H2. The molecule has 2 rings (SSSR count). The first-order valence-corrected chi connectivity index (χ1v) is 6.17. The Morgan fingerprint density at radius 3 is 2.58 bits per heavy atom. The van der Waals surface area contributed by atoms with Gasteiger partial charge in [-0.1, -0.05) is 36.4 Å². The number of nitro groups is 1. The Labute approximate surface area is 111 Å². The Hall–Kier alpha value is -2.36. The van der Waals surface area contributed by atoms with Gasteiger partial charge in [-0.05, 0) is 24.5 Å². The van der Waals surface area contributed by atoms with E-state index in [0.717, 1.165) is 12.8 Å². The maximum Gasteiger partial charge on any atom is 0.273 e. The van der Waals surface area contributed by atoms with Gasteiger partial charge in [0.2, 0.25) is 0 Å². The molecule has 0 aliphatic carbocycles. The molecule has 98 valence electrons. The van der Waals surface area contributed by atoms with Crippen LogP contribution in [0.1, 0.15) is 12.0 Å². The third-order valence-electron chi connectivity index (χ3n) is 2.75. The summed E-state index contributed by atoms with van der Waals surface area (Å²) in [5.74, 6) is 0.544. The maximum absolute atomic E-state index is 10.6. The molecule has 0 aliphatic rings.